The average Bonchev–Trinajstić information content (AvgIpc) is 3.11. The van der Waals surface area contributed by atoms with E-state index in [1.54, 1.807) is 0 Å². The molecule has 1 aromatic rings. The van der Waals surface area contributed by atoms with Gasteiger partial charge in [-0.05, 0) is 26.2 Å². The van der Waals surface area contributed by atoms with Gasteiger partial charge in [0.2, 0.25) is 0 Å². The first-order valence-electron chi connectivity index (χ1n) is 6.06. The molecule has 4 nitrogen and oxygen atoms in total. The summed E-state index contributed by atoms with van der Waals surface area (Å²) in [7, 11) is 1.91. The molecule has 1 aromatic heterocycles. The molecule has 2 rings (SSSR count). The Labute approximate surface area is 96.9 Å². The maximum Gasteiger partial charge on any atom is 0.136 e. The van der Waals surface area contributed by atoms with Crippen molar-refractivity contribution in [2.45, 2.75) is 39.0 Å². The Morgan fingerprint density at radius 2 is 1.94 bits per heavy atom. The van der Waals surface area contributed by atoms with Gasteiger partial charge in [-0.15, -0.1) is 0 Å². The molecule has 1 heterocycles. The third-order valence-electron chi connectivity index (χ3n) is 2.88. The van der Waals surface area contributed by atoms with Crippen molar-refractivity contribution in [2.24, 2.45) is 0 Å². The van der Waals surface area contributed by atoms with Crippen LogP contribution in [0.5, 0.6) is 0 Å². The van der Waals surface area contributed by atoms with Gasteiger partial charge in [0.25, 0.3) is 0 Å². The Hall–Kier alpha value is -1.32. The summed E-state index contributed by atoms with van der Waals surface area (Å²) in [5.41, 5.74) is 1.11. The summed E-state index contributed by atoms with van der Waals surface area (Å²) in [6.45, 7) is 5.18. The molecule has 1 aliphatic carbocycles. The third-order valence-corrected chi connectivity index (χ3v) is 2.88. The molecule has 0 aliphatic heterocycles. The second-order valence-corrected chi connectivity index (χ2v) is 4.36. The fraction of sp³-hybridized carbons (Fsp3) is 0.667. The Morgan fingerprint density at radius 3 is 2.50 bits per heavy atom. The SMILES string of the molecule is CCCNc1nc(C2CC2)nc(NC)c1C. The highest BCUT2D eigenvalue weighted by molar-refractivity contribution is 5.57. The molecule has 0 saturated heterocycles. The van der Waals surface area contributed by atoms with Crippen LogP contribution in [0.3, 0.4) is 0 Å². The van der Waals surface area contributed by atoms with Gasteiger partial charge in [0.15, 0.2) is 0 Å². The predicted octanol–water partition coefficient (Wildman–Crippen LogP) is 2.53. The molecule has 0 aromatic carbocycles. The van der Waals surface area contributed by atoms with Crippen molar-refractivity contribution < 1.29 is 0 Å². The van der Waals surface area contributed by atoms with E-state index in [1.165, 1.54) is 12.8 Å². The second kappa shape index (κ2) is 4.68. The summed E-state index contributed by atoms with van der Waals surface area (Å²) < 4.78 is 0. The number of aromatic nitrogens is 2. The van der Waals surface area contributed by atoms with Crippen molar-refractivity contribution in [3.05, 3.63) is 11.4 Å². The lowest BCUT2D eigenvalue weighted by Gasteiger charge is -2.13. The number of nitrogens with one attached hydrogen (secondary N) is 2. The zero-order chi connectivity index (χ0) is 11.5. The van der Waals surface area contributed by atoms with Gasteiger partial charge in [0.1, 0.15) is 17.5 Å². The molecule has 0 atom stereocenters. The highest BCUT2D eigenvalue weighted by Gasteiger charge is 2.28. The van der Waals surface area contributed by atoms with Gasteiger partial charge in [0.05, 0.1) is 0 Å². The monoisotopic (exact) mass is 220 g/mol. The standard InChI is InChI=1S/C12H20N4/c1-4-7-14-11-8(2)10(13-3)15-12(16-11)9-5-6-9/h9H,4-7H2,1-3H3,(H2,13,14,15,16). The highest BCUT2D eigenvalue weighted by Crippen LogP contribution is 2.39. The van der Waals surface area contributed by atoms with Crippen molar-refractivity contribution in [1.82, 2.24) is 9.97 Å². The van der Waals surface area contributed by atoms with Crippen LogP contribution in [0.1, 0.15) is 43.5 Å². The zero-order valence-electron chi connectivity index (χ0n) is 10.3. The lowest BCUT2D eigenvalue weighted by molar-refractivity contribution is 0.901. The van der Waals surface area contributed by atoms with Gasteiger partial charge in [-0.2, -0.15) is 0 Å². The molecule has 0 unspecified atom stereocenters. The maximum absolute atomic E-state index is 4.62. The number of nitrogens with zero attached hydrogens (tertiary/aromatic N) is 2. The third kappa shape index (κ3) is 2.26. The molecule has 0 radical (unpaired) electrons. The maximum atomic E-state index is 4.62. The van der Waals surface area contributed by atoms with E-state index in [0.717, 1.165) is 36.0 Å². The summed E-state index contributed by atoms with van der Waals surface area (Å²) >= 11 is 0. The van der Waals surface area contributed by atoms with Crippen LogP contribution in [0.4, 0.5) is 11.6 Å². The van der Waals surface area contributed by atoms with Crippen molar-refractivity contribution in [2.75, 3.05) is 24.2 Å². The Bertz CT molecular complexity index is 372. The first kappa shape index (κ1) is 11.2. The fourth-order valence-electron chi connectivity index (χ4n) is 1.72. The van der Waals surface area contributed by atoms with E-state index in [9.17, 15) is 0 Å². The van der Waals surface area contributed by atoms with Crippen LogP contribution in [0.15, 0.2) is 0 Å². The van der Waals surface area contributed by atoms with Crippen LogP contribution in [0, 0.1) is 6.92 Å². The topological polar surface area (TPSA) is 49.8 Å². The minimum Gasteiger partial charge on any atom is -0.373 e. The first-order valence-corrected chi connectivity index (χ1v) is 6.06. The van der Waals surface area contributed by atoms with E-state index in [-0.39, 0.29) is 0 Å². The van der Waals surface area contributed by atoms with E-state index >= 15 is 0 Å². The highest BCUT2D eigenvalue weighted by atomic mass is 15.1. The van der Waals surface area contributed by atoms with E-state index in [1.807, 2.05) is 7.05 Å². The van der Waals surface area contributed by atoms with Crippen molar-refractivity contribution >= 4 is 11.6 Å². The molecular weight excluding hydrogens is 200 g/mol. The Balaban J connectivity index is 2.28. The zero-order valence-corrected chi connectivity index (χ0v) is 10.3. The first-order chi connectivity index (χ1) is 7.76. The van der Waals surface area contributed by atoms with E-state index in [4.69, 9.17) is 0 Å². The molecule has 1 aliphatic rings. The summed E-state index contributed by atoms with van der Waals surface area (Å²) in [6.07, 6.45) is 3.58. The second-order valence-electron chi connectivity index (χ2n) is 4.36. The molecule has 0 spiro atoms. The molecule has 16 heavy (non-hydrogen) atoms. The number of hydrogen-bond acceptors (Lipinski definition) is 4. The van der Waals surface area contributed by atoms with Gasteiger partial charge in [0, 0.05) is 25.1 Å². The van der Waals surface area contributed by atoms with Gasteiger partial charge in [-0.25, -0.2) is 9.97 Å². The summed E-state index contributed by atoms with van der Waals surface area (Å²) in [5.74, 6) is 3.53. The quantitative estimate of drug-likeness (QED) is 0.800. The van der Waals surface area contributed by atoms with Gasteiger partial charge >= 0.3 is 0 Å². The van der Waals surface area contributed by atoms with Crippen LogP contribution in [0.2, 0.25) is 0 Å². The molecule has 1 saturated carbocycles. The smallest absolute Gasteiger partial charge is 0.136 e. The molecule has 4 heteroatoms. The summed E-state index contributed by atoms with van der Waals surface area (Å²) in [6, 6.07) is 0. The average molecular weight is 220 g/mol. The Kier molecular flexibility index (Phi) is 3.27. The lowest BCUT2D eigenvalue weighted by atomic mass is 10.2. The van der Waals surface area contributed by atoms with E-state index in [0.29, 0.717) is 5.92 Å². The van der Waals surface area contributed by atoms with Crippen LogP contribution in [-0.4, -0.2) is 23.6 Å². The number of rotatable bonds is 5. The lowest BCUT2D eigenvalue weighted by Crippen LogP contribution is -2.09. The summed E-state index contributed by atoms with van der Waals surface area (Å²) in [4.78, 5) is 9.18. The minimum atomic E-state index is 0.592. The van der Waals surface area contributed by atoms with Gasteiger partial charge in [-0.3, -0.25) is 0 Å². The normalized spacial score (nSPS) is 14.9. The fourth-order valence-corrected chi connectivity index (χ4v) is 1.72. The van der Waals surface area contributed by atoms with Crippen molar-refractivity contribution in [1.29, 1.82) is 0 Å². The molecule has 0 bridgehead atoms. The molecular formula is C12H20N4. The van der Waals surface area contributed by atoms with Crippen molar-refractivity contribution in [3.8, 4) is 0 Å². The molecule has 2 N–H and O–H groups in total. The van der Waals surface area contributed by atoms with E-state index in [2.05, 4.69) is 34.4 Å². The number of hydrogen-bond donors (Lipinski definition) is 2. The van der Waals surface area contributed by atoms with Crippen LogP contribution in [-0.2, 0) is 0 Å². The molecule has 88 valence electrons. The van der Waals surface area contributed by atoms with Gasteiger partial charge < -0.3 is 10.6 Å². The van der Waals surface area contributed by atoms with Gasteiger partial charge in [-0.1, -0.05) is 6.92 Å². The Morgan fingerprint density at radius 1 is 1.25 bits per heavy atom. The molecule has 1 fully saturated rings. The number of anilines is 2. The summed E-state index contributed by atoms with van der Waals surface area (Å²) in [5, 5.41) is 6.51. The van der Waals surface area contributed by atoms with E-state index < -0.39 is 0 Å². The van der Waals surface area contributed by atoms with Crippen molar-refractivity contribution in [3.63, 3.8) is 0 Å². The molecule has 0 amide bonds. The van der Waals surface area contributed by atoms with Crippen LogP contribution in [0.25, 0.3) is 0 Å². The predicted molar refractivity (Wildman–Crippen MR) is 67.1 cm³/mol. The largest absolute Gasteiger partial charge is 0.373 e. The minimum absolute atomic E-state index is 0.592. The van der Waals surface area contributed by atoms with Crippen LogP contribution >= 0.6 is 0 Å². The van der Waals surface area contributed by atoms with Crippen LogP contribution < -0.4 is 10.6 Å².